The van der Waals surface area contributed by atoms with E-state index >= 15 is 0 Å². The topological polar surface area (TPSA) is 84.5 Å². The minimum absolute atomic E-state index is 0. The van der Waals surface area contributed by atoms with Gasteiger partial charge in [0.2, 0.25) is 11.6 Å². The molecule has 0 aromatic rings. The van der Waals surface area contributed by atoms with E-state index in [2.05, 4.69) is 4.74 Å². The smallest absolute Gasteiger partial charge is 0.248 e. The standard InChI is InChI=1S/C6H6O3.H2O/c7-5-3-1-2-4-6(5,8)9-5;/h1-4,7-8H;1H2. The predicted octanol–water partition coefficient (Wildman–Crippen LogP) is -1.30. The molecule has 4 nitrogen and oxygen atoms in total. The highest BCUT2D eigenvalue weighted by Gasteiger charge is 2.67. The van der Waals surface area contributed by atoms with Crippen LogP contribution < -0.4 is 0 Å². The van der Waals surface area contributed by atoms with Crippen molar-refractivity contribution >= 4 is 0 Å². The van der Waals surface area contributed by atoms with E-state index in [9.17, 15) is 0 Å². The molecule has 0 spiro atoms. The lowest BCUT2D eigenvalue weighted by Crippen LogP contribution is -2.22. The van der Waals surface area contributed by atoms with E-state index in [-0.39, 0.29) is 5.48 Å². The van der Waals surface area contributed by atoms with E-state index in [1.165, 1.54) is 12.2 Å². The van der Waals surface area contributed by atoms with E-state index in [0.717, 1.165) is 0 Å². The van der Waals surface area contributed by atoms with Crippen molar-refractivity contribution in [2.75, 3.05) is 0 Å². The fourth-order valence-corrected chi connectivity index (χ4v) is 0.891. The number of allylic oxidation sites excluding steroid dienone is 2. The van der Waals surface area contributed by atoms with Gasteiger partial charge in [-0.05, 0) is 12.2 Å². The maximum atomic E-state index is 9.10. The molecule has 0 saturated carbocycles. The van der Waals surface area contributed by atoms with Gasteiger partial charge < -0.3 is 15.7 Å². The monoisotopic (exact) mass is 144 g/mol. The van der Waals surface area contributed by atoms with Crippen LogP contribution in [0.5, 0.6) is 0 Å². The van der Waals surface area contributed by atoms with Gasteiger partial charge in [-0.3, -0.25) is 4.74 Å². The Morgan fingerprint density at radius 2 is 1.40 bits per heavy atom. The molecule has 4 N–H and O–H groups in total. The molecule has 1 aliphatic heterocycles. The summed E-state index contributed by atoms with van der Waals surface area (Å²) in [7, 11) is 0. The van der Waals surface area contributed by atoms with Crippen molar-refractivity contribution in [3.05, 3.63) is 24.3 Å². The summed E-state index contributed by atoms with van der Waals surface area (Å²) in [6, 6.07) is 0. The summed E-state index contributed by atoms with van der Waals surface area (Å²) in [6.07, 6.45) is 6.07. The van der Waals surface area contributed by atoms with Crippen LogP contribution in [0, 0.1) is 0 Å². The first-order valence-electron chi connectivity index (χ1n) is 2.68. The van der Waals surface area contributed by atoms with E-state index < -0.39 is 11.6 Å². The third-order valence-corrected chi connectivity index (χ3v) is 1.54. The zero-order valence-electron chi connectivity index (χ0n) is 5.11. The molecule has 56 valence electrons. The van der Waals surface area contributed by atoms with Gasteiger partial charge in [-0.15, -0.1) is 0 Å². The lowest BCUT2D eigenvalue weighted by atomic mass is 10.1. The third-order valence-electron chi connectivity index (χ3n) is 1.54. The van der Waals surface area contributed by atoms with Crippen LogP contribution in [-0.4, -0.2) is 27.3 Å². The van der Waals surface area contributed by atoms with Gasteiger partial charge in [0, 0.05) is 0 Å². The van der Waals surface area contributed by atoms with Gasteiger partial charge in [0.1, 0.15) is 0 Å². The first kappa shape index (κ1) is 7.43. The summed E-state index contributed by atoms with van der Waals surface area (Å²) in [4.78, 5) is 0. The Hall–Kier alpha value is -0.680. The van der Waals surface area contributed by atoms with Gasteiger partial charge in [0.05, 0.1) is 0 Å². The Morgan fingerprint density at radius 3 is 1.70 bits per heavy atom. The minimum atomic E-state index is -1.43. The van der Waals surface area contributed by atoms with Crippen molar-refractivity contribution in [1.29, 1.82) is 0 Å². The normalized spacial score (nSPS) is 47.8. The molecule has 0 radical (unpaired) electrons. The summed E-state index contributed by atoms with van der Waals surface area (Å²) in [5.41, 5.74) is 0. The molecule has 0 bridgehead atoms. The van der Waals surface area contributed by atoms with Crippen molar-refractivity contribution in [2.45, 2.75) is 11.6 Å². The molecule has 1 saturated heterocycles. The Morgan fingerprint density at radius 1 is 1.00 bits per heavy atom. The maximum absolute atomic E-state index is 9.10. The van der Waals surface area contributed by atoms with Gasteiger partial charge in [-0.2, -0.15) is 0 Å². The molecule has 0 amide bonds. The van der Waals surface area contributed by atoms with Crippen LogP contribution in [0.1, 0.15) is 0 Å². The number of hydrogen-bond donors (Lipinski definition) is 2. The average molecular weight is 144 g/mol. The molecule has 1 heterocycles. The summed E-state index contributed by atoms with van der Waals surface area (Å²) in [5.74, 6) is -2.86. The third kappa shape index (κ3) is 0.643. The van der Waals surface area contributed by atoms with Crippen molar-refractivity contribution in [2.24, 2.45) is 0 Å². The van der Waals surface area contributed by atoms with Crippen LogP contribution in [0.25, 0.3) is 0 Å². The SMILES string of the molecule is O.OC12C=CC=CC1(O)O2. The Kier molecular flexibility index (Phi) is 1.24. The average Bonchev–Trinajstić information content (AvgIpc) is 2.33. The lowest BCUT2D eigenvalue weighted by molar-refractivity contribution is 0.0794. The van der Waals surface area contributed by atoms with E-state index in [0.29, 0.717) is 0 Å². The molecular formula is C6H8O4. The van der Waals surface area contributed by atoms with E-state index in [1.54, 1.807) is 12.2 Å². The minimum Gasteiger partial charge on any atom is -0.412 e. The quantitative estimate of drug-likeness (QED) is 0.414. The summed E-state index contributed by atoms with van der Waals surface area (Å²) in [6.45, 7) is 0. The van der Waals surface area contributed by atoms with Crippen molar-refractivity contribution < 1.29 is 20.4 Å². The molecule has 10 heavy (non-hydrogen) atoms. The zero-order chi connectivity index (χ0) is 6.54. The number of rotatable bonds is 0. The number of epoxide rings is 1. The van der Waals surface area contributed by atoms with Gasteiger partial charge in [-0.1, -0.05) is 12.2 Å². The number of fused-ring (bicyclic) bond motifs is 1. The van der Waals surface area contributed by atoms with Gasteiger partial charge in [0.25, 0.3) is 0 Å². The highest BCUT2D eigenvalue weighted by atomic mass is 16.8. The molecule has 4 heteroatoms. The fourth-order valence-electron chi connectivity index (χ4n) is 0.891. The van der Waals surface area contributed by atoms with Gasteiger partial charge in [-0.25, -0.2) is 0 Å². The van der Waals surface area contributed by atoms with Crippen molar-refractivity contribution in [3.63, 3.8) is 0 Å². The van der Waals surface area contributed by atoms with Crippen LogP contribution >= 0.6 is 0 Å². The zero-order valence-corrected chi connectivity index (χ0v) is 5.11. The van der Waals surface area contributed by atoms with Crippen LogP contribution in [-0.2, 0) is 4.74 Å². The lowest BCUT2D eigenvalue weighted by Gasteiger charge is -2.02. The van der Waals surface area contributed by atoms with Crippen LogP contribution in [0.2, 0.25) is 0 Å². The Bertz CT molecular complexity index is 188. The highest BCUT2D eigenvalue weighted by Crippen LogP contribution is 2.47. The predicted molar refractivity (Wildman–Crippen MR) is 32.9 cm³/mol. The molecule has 1 aliphatic carbocycles. The molecule has 0 aromatic heterocycles. The Labute approximate surface area is 57.4 Å². The Balaban J connectivity index is 0.000000500. The van der Waals surface area contributed by atoms with Crippen molar-refractivity contribution in [1.82, 2.24) is 0 Å². The first-order chi connectivity index (χ1) is 4.16. The first-order valence-corrected chi connectivity index (χ1v) is 2.68. The number of hydrogen-bond acceptors (Lipinski definition) is 3. The number of ether oxygens (including phenoxy) is 1. The van der Waals surface area contributed by atoms with Crippen LogP contribution in [0.3, 0.4) is 0 Å². The second kappa shape index (κ2) is 1.67. The summed E-state index contributed by atoms with van der Waals surface area (Å²) < 4.78 is 4.59. The van der Waals surface area contributed by atoms with E-state index in [1.807, 2.05) is 0 Å². The maximum Gasteiger partial charge on any atom is 0.248 e. The van der Waals surface area contributed by atoms with Crippen LogP contribution in [0.15, 0.2) is 24.3 Å². The van der Waals surface area contributed by atoms with Gasteiger partial charge >= 0.3 is 0 Å². The van der Waals surface area contributed by atoms with Gasteiger partial charge in [0.15, 0.2) is 0 Å². The molecule has 2 rings (SSSR count). The molecule has 1 fully saturated rings. The fraction of sp³-hybridized carbons (Fsp3) is 0.333. The molecule has 2 unspecified atom stereocenters. The second-order valence-corrected chi connectivity index (χ2v) is 2.21. The molecular weight excluding hydrogens is 136 g/mol. The largest absolute Gasteiger partial charge is 0.412 e. The number of aliphatic hydroxyl groups is 2. The van der Waals surface area contributed by atoms with E-state index in [4.69, 9.17) is 10.2 Å². The van der Waals surface area contributed by atoms with Crippen molar-refractivity contribution in [3.8, 4) is 0 Å². The summed E-state index contributed by atoms with van der Waals surface area (Å²) >= 11 is 0. The molecule has 0 aromatic carbocycles. The second-order valence-electron chi connectivity index (χ2n) is 2.21. The van der Waals surface area contributed by atoms with Crippen LogP contribution in [0.4, 0.5) is 0 Å². The summed E-state index contributed by atoms with van der Waals surface area (Å²) in [5, 5.41) is 18.2. The molecule has 2 atom stereocenters. The highest BCUT2D eigenvalue weighted by molar-refractivity contribution is 5.30. The molecule has 2 aliphatic rings.